The van der Waals surface area contributed by atoms with Crippen molar-refractivity contribution >= 4 is 28.4 Å². The van der Waals surface area contributed by atoms with Crippen molar-refractivity contribution in [2.24, 2.45) is 0 Å². The van der Waals surface area contributed by atoms with Crippen LogP contribution in [0.5, 0.6) is 0 Å². The molecule has 1 aromatic heterocycles. The van der Waals surface area contributed by atoms with E-state index in [4.69, 9.17) is 11.6 Å². The van der Waals surface area contributed by atoms with Gasteiger partial charge in [-0.1, -0.05) is 11.6 Å². The first kappa shape index (κ1) is 12.4. The van der Waals surface area contributed by atoms with Crippen molar-refractivity contribution in [1.29, 1.82) is 0 Å². The highest BCUT2D eigenvalue weighted by molar-refractivity contribution is 6.36. The van der Waals surface area contributed by atoms with Gasteiger partial charge in [0.2, 0.25) is 0 Å². The summed E-state index contributed by atoms with van der Waals surface area (Å²) in [5.41, 5.74) is 1.35. The fourth-order valence-electron chi connectivity index (χ4n) is 2.58. The molecule has 0 spiro atoms. The molecule has 1 aromatic carbocycles. The molecule has 4 heteroatoms. The van der Waals surface area contributed by atoms with E-state index in [9.17, 15) is 4.79 Å². The van der Waals surface area contributed by atoms with Crippen LogP contribution in [0.4, 0.5) is 0 Å². The first-order valence-electron chi connectivity index (χ1n) is 6.60. The van der Waals surface area contributed by atoms with E-state index in [0.717, 1.165) is 31.3 Å². The van der Waals surface area contributed by atoms with E-state index in [0.29, 0.717) is 16.1 Å². The molecular formula is C15H15ClN2O. The van der Waals surface area contributed by atoms with Crippen molar-refractivity contribution in [2.75, 3.05) is 13.1 Å². The number of carbonyl (C=O) groups is 1. The lowest BCUT2D eigenvalue weighted by Crippen LogP contribution is -2.35. The van der Waals surface area contributed by atoms with E-state index >= 15 is 0 Å². The molecule has 1 amide bonds. The monoisotopic (exact) mass is 274 g/mol. The number of halogens is 1. The molecule has 0 unspecified atom stereocenters. The molecular weight excluding hydrogens is 260 g/mol. The van der Waals surface area contributed by atoms with E-state index in [1.807, 2.05) is 17.0 Å². The number of fused-ring (bicyclic) bond motifs is 1. The van der Waals surface area contributed by atoms with Gasteiger partial charge < -0.3 is 4.90 Å². The normalized spacial score (nSPS) is 15.7. The number of aromatic nitrogens is 1. The zero-order valence-corrected chi connectivity index (χ0v) is 11.4. The summed E-state index contributed by atoms with van der Waals surface area (Å²) in [4.78, 5) is 18.8. The zero-order chi connectivity index (χ0) is 13.2. The molecule has 0 bridgehead atoms. The summed E-state index contributed by atoms with van der Waals surface area (Å²) in [5.74, 6) is 0.0695. The Bertz CT molecular complexity index is 621. The van der Waals surface area contributed by atoms with E-state index < -0.39 is 0 Å². The summed E-state index contributed by atoms with van der Waals surface area (Å²) in [5, 5.41) is 1.48. The predicted molar refractivity (Wildman–Crippen MR) is 76.5 cm³/mol. The average Bonchev–Trinajstić information content (AvgIpc) is 2.48. The van der Waals surface area contributed by atoms with Gasteiger partial charge in [0.25, 0.3) is 5.91 Å². The highest BCUT2D eigenvalue weighted by Gasteiger charge is 2.20. The van der Waals surface area contributed by atoms with Crippen LogP contribution < -0.4 is 0 Å². The third-order valence-electron chi connectivity index (χ3n) is 3.59. The minimum absolute atomic E-state index is 0.0695. The smallest absolute Gasteiger partial charge is 0.256 e. The number of rotatable bonds is 1. The van der Waals surface area contributed by atoms with Crippen LogP contribution in [-0.4, -0.2) is 28.9 Å². The van der Waals surface area contributed by atoms with Gasteiger partial charge in [-0.2, -0.15) is 0 Å². The molecule has 0 saturated carbocycles. The number of nitrogens with zero attached hydrogens (tertiary/aromatic N) is 2. The van der Waals surface area contributed by atoms with Crippen LogP contribution in [0.2, 0.25) is 5.02 Å². The van der Waals surface area contributed by atoms with Crippen LogP contribution in [0.1, 0.15) is 29.6 Å². The van der Waals surface area contributed by atoms with Gasteiger partial charge >= 0.3 is 0 Å². The van der Waals surface area contributed by atoms with Crippen LogP contribution in [0, 0.1) is 0 Å². The van der Waals surface area contributed by atoms with E-state index in [2.05, 4.69) is 4.98 Å². The summed E-state index contributed by atoms with van der Waals surface area (Å²) < 4.78 is 0. The molecule has 0 radical (unpaired) electrons. The maximum absolute atomic E-state index is 12.6. The second-order valence-corrected chi connectivity index (χ2v) is 5.25. The standard InChI is InChI=1S/C15H15ClN2O/c16-13-7-6-12(14-11(13)5-4-8-17-14)15(19)18-9-2-1-3-10-18/h4-8H,1-3,9-10H2. The highest BCUT2D eigenvalue weighted by atomic mass is 35.5. The quantitative estimate of drug-likeness (QED) is 0.797. The number of amides is 1. The largest absolute Gasteiger partial charge is 0.339 e. The van der Waals surface area contributed by atoms with Crippen molar-refractivity contribution < 1.29 is 4.79 Å². The van der Waals surface area contributed by atoms with Gasteiger partial charge in [-0.05, 0) is 43.5 Å². The molecule has 2 aromatic rings. The van der Waals surface area contributed by atoms with Crippen LogP contribution in [0.3, 0.4) is 0 Å². The summed E-state index contributed by atoms with van der Waals surface area (Å²) in [6.07, 6.45) is 5.09. The van der Waals surface area contributed by atoms with Crippen molar-refractivity contribution in [3.05, 3.63) is 41.0 Å². The second kappa shape index (κ2) is 5.17. The zero-order valence-electron chi connectivity index (χ0n) is 10.6. The summed E-state index contributed by atoms with van der Waals surface area (Å²) >= 11 is 6.15. The van der Waals surface area contributed by atoms with Gasteiger partial charge in [-0.25, -0.2) is 0 Å². The molecule has 3 nitrogen and oxygen atoms in total. The van der Waals surface area contributed by atoms with Crippen molar-refractivity contribution in [2.45, 2.75) is 19.3 Å². The average molecular weight is 275 g/mol. The Balaban J connectivity index is 2.05. The van der Waals surface area contributed by atoms with Crippen molar-refractivity contribution in [3.63, 3.8) is 0 Å². The Labute approximate surface area is 117 Å². The van der Waals surface area contributed by atoms with Crippen molar-refractivity contribution in [1.82, 2.24) is 9.88 Å². The molecule has 3 rings (SSSR count). The lowest BCUT2D eigenvalue weighted by molar-refractivity contribution is 0.0726. The number of hydrogen-bond donors (Lipinski definition) is 0. The summed E-state index contributed by atoms with van der Waals surface area (Å²) in [6.45, 7) is 1.69. The topological polar surface area (TPSA) is 33.2 Å². The van der Waals surface area contributed by atoms with Crippen LogP contribution in [-0.2, 0) is 0 Å². The second-order valence-electron chi connectivity index (χ2n) is 4.85. The number of likely N-dealkylation sites (tertiary alicyclic amines) is 1. The van der Waals surface area contributed by atoms with Crippen LogP contribution >= 0.6 is 11.6 Å². The number of carbonyl (C=O) groups excluding carboxylic acids is 1. The Morgan fingerprint density at radius 3 is 2.74 bits per heavy atom. The molecule has 0 atom stereocenters. The number of piperidine rings is 1. The maximum atomic E-state index is 12.6. The fraction of sp³-hybridized carbons (Fsp3) is 0.333. The minimum Gasteiger partial charge on any atom is -0.339 e. The van der Waals surface area contributed by atoms with Crippen LogP contribution in [0.15, 0.2) is 30.5 Å². The lowest BCUT2D eigenvalue weighted by Gasteiger charge is -2.27. The van der Waals surface area contributed by atoms with Gasteiger partial charge in [0, 0.05) is 24.7 Å². The van der Waals surface area contributed by atoms with Crippen LogP contribution in [0.25, 0.3) is 10.9 Å². The van der Waals surface area contributed by atoms with Gasteiger partial charge in [0.05, 0.1) is 16.1 Å². The highest BCUT2D eigenvalue weighted by Crippen LogP contribution is 2.26. The molecule has 1 fully saturated rings. The number of hydrogen-bond acceptors (Lipinski definition) is 2. The molecule has 1 aliphatic rings. The fourth-order valence-corrected chi connectivity index (χ4v) is 2.79. The molecule has 2 heterocycles. The summed E-state index contributed by atoms with van der Waals surface area (Å²) in [6, 6.07) is 7.30. The first-order chi connectivity index (χ1) is 9.27. The van der Waals surface area contributed by atoms with Gasteiger partial charge in [-0.15, -0.1) is 0 Å². The molecule has 1 saturated heterocycles. The van der Waals surface area contributed by atoms with E-state index in [1.54, 1.807) is 18.3 Å². The molecule has 0 N–H and O–H groups in total. The van der Waals surface area contributed by atoms with Gasteiger partial charge in [0.1, 0.15) is 0 Å². The summed E-state index contributed by atoms with van der Waals surface area (Å²) in [7, 11) is 0. The maximum Gasteiger partial charge on any atom is 0.256 e. The Kier molecular flexibility index (Phi) is 3.38. The minimum atomic E-state index is 0.0695. The first-order valence-corrected chi connectivity index (χ1v) is 6.97. The lowest BCUT2D eigenvalue weighted by atomic mass is 10.1. The van der Waals surface area contributed by atoms with Gasteiger partial charge in [0.15, 0.2) is 0 Å². The van der Waals surface area contributed by atoms with E-state index in [-0.39, 0.29) is 5.91 Å². The van der Waals surface area contributed by atoms with Crippen molar-refractivity contribution in [3.8, 4) is 0 Å². The van der Waals surface area contributed by atoms with E-state index in [1.165, 1.54) is 6.42 Å². The molecule has 0 aliphatic carbocycles. The molecule has 19 heavy (non-hydrogen) atoms. The molecule has 1 aliphatic heterocycles. The number of benzene rings is 1. The molecule has 98 valence electrons. The third-order valence-corrected chi connectivity index (χ3v) is 3.92. The Hall–Kier alpha value is -1.61. The Morgan fingerprint density at radius 1 is 1.16 bits per heavy atom. The Morgan fingerprint density at radius 2 is 1.95 bits per heavy atom. The predicted octanol–water partition coefficient (Wildman–Crippen LogP) is 3.51. The number of pyridine rings is 1. The van der Waals surface area contributed by atoms with Gasteiger partial charge in [-0.3, -0.25) is 9.78 Å². The SMILES string of the molecule is O=C(c1ccc(Cl)c2cccnc12)N1CCCCC1. The third kappa shape index (κ3) is 2.30.